The summed E-state index contributed by atoms with van der Waals surface area (Å²) in [5.74, 6) is 1.44. The van der Waals surface area contributed by atoms with Crippen molar-refractivity contribution in [1.29, 1.82) is 0 Å². The molecule has 0 bridgehead atoms. The van der Waals surface area contributed by atoms with Crippen molar-refractivity contribution < 1.29 is 9.50 Å². The molecule has 4 aromatic rings. The largest absolute Gasteiger partial charge is 0.391 e. The summed E-state index contributed by atoms with van der Waals surface area (Å²) in [6.45, 7) is 5.00. The highest BCUT2D eigenvalue weighted by Crippen LogP contribution is 2.27. The van der Waals surface area contributed by atoms with E-state index in [2.05, 4.69) is 45.1 Å². The fraction of sp³-hybridized carbons (Fsp3) is 0.304. The van der Waals surface area contributed by atoms with Crippen LogP contribution in [-0.2, 0) is 6.54 Å². The highest BCUT2D eigenvalue weighted by atomic mass is 32.2. The Hall–Kier alpha value is -3.84. The summed E-state index contributed by atoms with van der Waals surface area (Å²) >= 11 is 1.49. The molecular formula is C23H25FN10OS. The number of nitrogens with zero attached hydrogens (tertiary/aromatic N) is 9. The fourth-order valence-electron chi connectivity index (χ4n) is 3.70. The minimum absolute atomic E-state index is 0.254. The van der Waals surface area contributed by atoms with E-state index in [1.165, 1.54) is 30.2 Å². The SMILES string of the molecule is C[C@H](O)Cn1cc(Nc2ncnc(N3CCN(c4ncc(Sc5ccc(F)cc5)cn4)CC3)n2)cn1. The van der Waals surface area contributed by atoms with Crippen LogP contribution >= 0.6 is 11.8 Å². The second-order valence-electron chi connectivity index (χ2n) is 8.28. The molecule has 186 valence electrons. The first kappa shape index (κ1) is 23.9. The molecule has 3 aromatic heterocycles. The number of hydrogen-bond donors (Lipinski definition) is 2. The van der Waals surface area contributed by atoms with Crippen molar-refractivity contribution in [2.24, 2.45) is 0 Å². The predicted molar refractivity (Wildman–Crippen MR) is 134 cm³/mol. The summed E-state index contributed by atoms with van der Waals surface area (Å²) in [5, 5.41) is 16.9. The normalized spacial score (nSPS) is 14.6. The number of benzene rings is 1. The number of rotatable bonds is 8. The van der Waals surface area contributed by atoms with Crippen LogP contribution in [0.5, 0.6) is 0 Å². The Kier molecular flexibility index (Phi) is 7.18. The second-order valence-corrected chi connectivity index (χ2v) is 9.43. The van der Waals surface area contributed by atoms with E-state index in [9.17, 15) is 9.50 Å². The molecule has 0 aliphatic carbocycles. The number of aliphatic hydroxyl groups excluding tert-OH is 1. The molecule has 36 heavy (non-hydrogen) atoms. The average Bonchev–Trinajstić information content (AvgIpc) is 3.32. The number of nitrogens with one attached hydrogen (secondary N) is 1. The minimum atomic E-state index is -0.483. The van der Waals surface area contributed by atoms with Crippen LogP contribution in [0.15, 0.2) is 65.2 Å². The number of anilines is 4. The number of aromatic nitrogens is 7. The quantitative estimate of drug-likeness (QED) is 0.365. The van der Waals surface area contributed by atoms with E-state index in [1.807, 2.05) is 0 Å². The van der Waals surface area contributed by atoms with E-state index in [-0.39, 0.29) is 5.82 Å². The standard InChI is InChI=1S/C23H25FN10OS/c1-16(35)13-34-14-18(10-29-34)30-21-27-15-28-23(31-21)33-8-6-32(7-9-33)22-25-11-20(12-26-22)36-19-4-2-17(24)3-5-19/h2-5,10-12,14-16,35H,6-9,13H2,1H3,(H,27,28,30,31)/t16-/m0/s1. The minimum Gasteiger partial charge on any atom is -0.391 e. The monoisotopic (exact) mass is 508 g/mol. The molecule has 4 heterocycles. The summed E-state index contributed by atoms with van der Waals surface area (Å²) in [6.07, 6.45) is 8.03. The Labute approximate surface area is 211 Å². The zero-order valence-corrected chi connectivity index (χ0v) is 20.4. The zero-order valence-electron chi connectivity index (χ0n) is 19.6. The second kappa shape index (κ2) is 10.8. The summed E-state index contributed by atoms with van der Waals surface area (Å²) in [4.78, 5) is 28.2. The fourth-order valence-corrected chi connectivity index (χ4v) is 4.45. The first-order valence-electron chi connectivity index (χ1n) is 11.4. The molecule has 1 aliphatic rings. The Morgan fingerprint density at radius 3 is 2.33 bits per heavy atom. The van der Waals surface area contributed by atoms with E-state index in [0.717, 1.165) is 28.6 Å². The summed E-state index contributed by atoms with van der Waals surface area (Å²) in [5.41, 5.74) is 0.732. The van der Waals surface area contributed by atoms with E-state index < -0.39 is 6.10 Å². The molecular weight excluding hydrogens is 483 g/mol. The zero-order chi connectivity index (χ0) is 24.9. The lowest BCUT2D eigenvalue weighted by molar-refractivity contribution is 0.168. The molecule has 0 unspecified atom stereocenters. The molecule has 5 rings (SSSR count). The molecule has 0 radical (unpaired) electrons. The van der Waals surface area contributed by atoms with Crippen molar-refractivity contribution in [3.63, 3.8) is 0 Å². The van der Waals surface area contributed by atoms with Crippen LogP contribution in [0.25, 0.3) is 0 Å². The van der Waals surface area contributed by atoms with Gasteiger partial charge < -0.3 is 20.2 Å². The third kappa shape index (κ3) is 6.04. The Bertz CT molecular complexity index is 1280. The van der Waals surface area contributed by atoms with E-state index in [1.54, 1.807) is 48.5 Å². The summed E-state index contributed by atoms with van der Waals surface area (Å²) in [6, 6.07) is 6.35. The van der Waals surface area contributed by atoms with Gasteiger partial charge in [0.2, 0.25) is 17.8 Å². The van der Waals surface area contributed by atoms with Crippen LogP contribution in [0.2, 0.25) is 0 Å². The van der Waals surface area contributed by atoms with Crippen LogP contribution < -0.4 is 15.1 Å². The lowest BCUT2D eigenvalue weighted by Gasteiger charge is -2.34. The summed E-state index contributed by atoms with van der Waals surface area (Å²) in [7, 11) is 0. The van der Waals surface area contributed by atoms with Gasteiger partial charge in [-0.2, -0.15) is 10.1 Å². The number of aliphatic hydroxyl groups is 1. The van der Waals surface area contributed by atoms with Gasteiger partial charge in [-0.25, -0.2) is 24.3 Å². The molecule has 1 atom stereocenters. The number of piperazine rings is 1. The van der Waals surface area contributed by atoms with Gasteiger partial charge in [-0.15, -0.1) is 0 Å². The van der Waals surface area contributed by atoms with Gasteiger partial charge >= 0.3 is 0 Å². The van der Waals surface area contributed by atoms with E-state index in [4.69, 9.17) is 0 Å². The van der Waals surface area contributed by atoms with Crippen LogP contribution in [0.1, 0.15) is 6.92 Å². The Balaban J connectivity index is 1.16. The third-order valence-electron chi connectivity index (χ3n) is 5.41. The van der Waals surface area contributed by atoms with Crippen molar-refractivity contribution in [2.75, 3.05) is 41.3 Å². The van der Waals surface area contributed by atoms with Gasteiger partial charge in [0.05, 0.1) is 24.5 Å². The Morgan fingerprint density at radius 1 is 0.944 bits per heavy atom. The number of hydrogen-bond acceptors (Lipinski definition) is 11. The molecule has 0 amide bonds. The van der Waals surface area contributed by atoms with Crippen molar-refractivity contribution in [1.82, 2.24) is 34.7 Å². The van der Waals surface area contributed by atoms with Gasteiger partial charge in [0.15, 0.2) is 0 Å². The van der Waals surface area contributed by atoms with Gasteiger partial charge in [-0.1, -0.05) is 11.8 Å². The molecule has 1 saturated heterocycles. The summed E-state index contributed by atoms with van der Waals surface area (Å²) < 4.78 is 14.8. The molecule has 0 saturated carbocycles. The topological polar surface area (TPSA) is 121 Å². The highest BCUT2D eigenvalue weighted by molar-refractivity contribution is 7.99. The van der Waals surface area contributed by atoms with E-state index >= 15 is 0 Å². The third-order valence-corrected chi connectivity index (χ3v) is 6.36. The molecule has 0 spiro atoms. The van der Waals surface area contributed by atoms with Crippen molar-refractivity contribution >= 4 is 35.3 Å². The highest BCUT2D eigenvalue weighted by Gasteiger charge is 2.21. The van der Waals surface area contributed by atoms with Crippen LogP contribution in [0, 0.1) is 5.82 Å². The van der Waals surface area contributed by atoms with E-state index in [0.29, 0.717) is 37.5 Å². The maximum Gasteiger partial charge on any atom is 0.232 e. The predicted octanol–water partition coefficient (Wildman–Crippen LogP) is 2.60. The lowest BCUT2D eigenvalue weighted by Crippen LogP contribution is -2.47. The van der Waals surface area contributed by atoms with Crippen molar-refractivity contribution in [3.8, 4) is 0 Å². The number of halogens is 1. The molecule has 2 N–H and O–H groups in total. The van der Waals surface area contributed by atoms with Gasteiger partial charge in [-0.05, 0) is 31.2 Å². The van der Waals surface area contributed by atoms with Gasteiger partial charge in [-0.3, -0.25) is 4.68 Å². The van der Waals surface area contributed by atoms with Crippen molar-refractivity contribution in [2.45, 2.75) is 29.4 Å². The van der Waals surface area contributed by atoms with Gasteiger partial charge in [0, 0.05) is 54.6 Å². The van der Waals surface area contributed by atoms with Crippen LogP contribution in [0.3, 0.4) is 0 Å². The maximum absolute atomic E-state index is 13.1. The first-order chi connectivity index (χ1) is 17.5. The molecule has 11 nitrogen and oxygen atoms in total. The smallest absolute Gasteiger partial charge is 0.232 e. The van der Waals surface area contributed by atoms with Gasteiger partial charge in [0.1, 0.15) is 12.1 Å². The molecule has 1 aliphatic heterocycles. The molecule has 1 aromatic carbocycles. The molecule has 1 fully saturated rings. The first-order valence-corrected chi connectivity index (χ1v) is 12.3. The van der Waals surface area contributed by atoms with Crippen molar-refractivity contribution in [3.05, 3.63) is 61.2 Å². The lowest BCUT2D eigenvalue weighted by atomic mass is 10.3. The Morgan fingerprint density at radius 2 is 1.64 bits per heavy atom. The van der Waals surface area contributed by atoms with Crippen LogP contribution in [0.4, 0.5) is 27.9 Å². The maximum atomic E-state index is 13.1. The average molecular weight is 509 g/mol. The van der Waals surface area contributed by atoms with Gasteiger partial charge in [0.25, 0.3) is 0 Å². The van der Waals surface area contributed by atoms with Crippen LogP contribution in [-0.4, -0.2) is 72.1 Å². The molecule has 13 heteroatoms.